The standard InChI is InChI=1S/C18H29NO/c1-4-7-19-18(17-5-8-20-9-6-17)13-16-11-14(2)10-15(3)12-16/h10-12,17-19H,4-9,13H2,1-3H3. The highest BCUT2D eigenvalue weighted by Gasteiger charge is 2.23. The van der Waals surface area contributed by atoms with Crippen molar-refractivity contribution < 1.29 is 4.74 Å². The van der Waals surface area contributed by atoms with Crippen LogP contribution < -0.4 is 5.32 Å². The van der Waals surface area contributed by atoms with Gasteiger partial charge in [-0.2, -0.15) is 0 Å². The summed E-state index contributed by atoms with van der Waals surface area (Å²) in [5.41, 5.74) is 4.23. The molecule has 1 aliphatic rings. The lowest BCUT2D eigenvalue weighted by Crippen LogP contribution is -2.41. The fourth-order valence-corrected chi connectivity index (χ4v) is 3.29. The summed E-state index contributed by atoms with van der Waals surface area (Å²) in [6, 6.07) is 7.53. The number of hydrogen-bond acceptors (Lipinski definition) is 2. The summed E-state index contributed by atoms with van der Waals surface area (Å²) in [6.07, 6.45) is 4.75. The molecule has 1 aliphatic heterocycles. The van der Waals surface area contributed by atoms with Crippen LogP contribution in [0.4, 0.5) is 0 Å². The molecule has 1 saturated heterocycles. The first-order valence-corrected chi connectivity index (χ1v) is 8.07. The van der Waals surface area contributed by atoms with Crippen molar-refractivity contribution in [1.82, 2.24) is 5.32 Å². The lowest BCUT2D eigenvalue weighted by molar-refractivity contribution is 0.0538. The minimum atomic E-state index is 0.597. The Bertz CT molecular complexity index is 390. The van der Waals surface area contributed by atoms with E-state index in [1.54, 1.807) is 0 Å². The molecule has 1 atom stereocenters. The van der Waals surface area contributed by atoms with E-state index in [-0.39, 0.29) is 0 Å². The van der Waals surface area contributed by atoms with Gasteiger partial charge in [0.05, 0.1) is 0 Å². The fraction of sp³-hybridized carbons (Fsp3) is 0.667. The maximum absolute atomic E-state index is 5.52. The van der Waals surface area contributed by atoms with Crippen molar-refractivity contribution in [3.05, 3.63) is 34.9 Å². The summed E-state index contributed by atoms with van der Waals surface area (Å²) in [6.45, 7) is 9.61. The average Bonchev–Trinajstić information content (AvgIpc) is 2.43. The molecule has 1 heterocycles. The van der Waals surface area contributed by atoms with Crippen LogP contribution in [0.1, 0.15) is 42.9 Å². The molecular weight excluding hydrogens is 246 g/mol. The first-order chi connectivity index (χ1) is 9.69. The van der Waals surface area contributed by atoms with E-state index in [0.717, 1.165) is 32.1 Å². The average molecular weight is 275 g/mol. The Morgan fingerprint density at radius 2 is 1.80 bits per heavy atom. The number of aryl methyl sites for hydroxylation is 2. The predicted octanol–water partition coefficient (Wildman–Crippen LogP) is 3.64. The van der Waals surface area contributed by atoms with Crippen LogP contribution in [0.2, 0.25) is 0 Å². The summed E-state index contributed by atoms with van der Waals surface area (Å²) in [5, 5.41) is 3.77. The van der Waals surface area contributed by atoms with Gasteiger partial charge in [-0.1, -0.05) is 36.2 Å². The maximum atomic E-state index is 5.52. The van der Waals surface area contributed by atoms with E-state index in [2.05, 4.69) is 44.3 Å². The molecule has 2 nitrogen and oxygen atoms in total. The summed E-state index contributed by atoms with van der Waals surface area (Å²) in [7, 11) is 0. The highest BCUT2D eigenvalue weighted by Crippen LogP contribution is 2.22. The van der Waals surface area contributed by atoms with Crippen molar-refractivity contribution in [3.8, 4) is 0 Å². The summed E-state index contributed by atoms with van der Waals surface area (Å²) in [4.78, 5) is 0. The minimum absolute atomic E-state index is 0.597. The van der Waals surface area contributed by atoms with Gasteiger partial charge < -0.3 is 10.1 Å². The van der Waals surface area contributed by atoms with Crippen LogP contribution in [0.25, 0.3) is 0 Å². The van der Waals surface area contributed by atoms with Crippen LogP contribution >= 0.6 is 0 Å². The lowest BCUT2D eigenvalue weighted by atomic mass is 9.87. The Balaban J connectivity index is 2.05. The third kappa shape index (κ3) is 4.60. The highest BCUT2D eigenvalue weighted by atomic mass is 16.5. The van der Waals surface area contributed by atoms with Crippen LogP contribution in [0.15, 0.2) is 18.2 Å². The van der Waals surface area contributed by atoms with Crippen molar-refractivity contribution in [1.29, 1.82) is 0 Å². The van der Waals surface area contributed by atoms with Crippen molar-refractivity contribution in [3.63, 3.8) is 0 Å². The van der Waals surface area contributed by atoms with Crippen molar-refractivity contribution >= 4 is 0 Å². The van der Waals surface area contributed by atoms with Crippen LogP contribution in [0, 0.1) is 19.8 Å². The smallest absolute Gasteiger partial charge is 0.0469 e. The first-order valence-electron chi connectivity index (χ1n) is 8.07. The fourth-order valence-electron chi connectivity index (χ4n) is 3.29. The van der Waals surface area contributed by atoms with Gasteiger partial charge in [-0.05, 0) is 57.6 Å². The molecule has 0 aromatic heterocycles. The molecule has 2 rings (SSSR count). The van der Waals surface area contributed by atoms with E-state index >= 15 is 0 Å². The van der Waals surface area contributed by atoms with E-state index in [4.69, 9.17) is 4.74 Å². The molecule has 20 heavy (non-hydrogen) atoms. The quantitative estimate of drug-likeness (QED) is 0.856. The second kappa shape index (κ2) is 7.80. The SMILES string of the molecule is CCCNC(Cc1cc(C)cc(C)c1)C1CCOCC1. The van der Waals surface area contributed by atoms with Crippen molar-refractivity contribution in [2.45, 2.75) is 52.5 Å². The topological polar surface area (TPSA) is 21.3 Å². The summed E-state index contributed by atoms with van der Waals surface area (Å²) >= 11 is 0. The van der Waals surface area contributed by atoms with Crippen LogP contribution in [0.3, 0.4) is 0 Å². The molecular formula is C18H29NO. The Morgan fingerprint density at radius 3 is 2.40 bits per heavy atom. The molecule has 1 N–H and O–H groups in total. The Labute approximate surface area is 123 Å². The van der Waals surface area contributed by atoms with E-state index in [1.165, 1.54) is 36.0 Å². The van der Waals surface area contributed by atoms with Gasteiger partial charge in [0, 0.05) is 19.3 Å². The maximum Gasteiger partial charge on any atom is 0.0469 e. The molecule has 0 amide bonds. The molecule has 2 heteroatoms. The van der Waals surface area contributed by atoms with E-state index in [0.29, 0.717) is 6.04 Å². The van der Waals surface area contributed by atoms with Gasteiger partial charge in [-0.15, -0.1) is 0 Å². The third-order valence-corrected chi connectivity index (χ3v) is 4.23. The molecule has 0 aliphatic carbocycles. The Morgan fingerprint density at radius 1 is 1.15 bits per heavy atom. The first kappa shape index (κ1) is 15.5. The molecule has 0 bridgehead atoms. The van der Waals surface area contributed by atoms with Crippen molar-refractivity contribution in [2.24, 2.45) is 5.92 Å². The highest BCUT2D eigenvalue weighted by molar-refractivity contribution is 5.29. The molecule has 0 saturated carbocycles. The molecule has 1 unspecified atom stereocenters. The number of rotatable bonds is 6. The van der Waals surface area contributed by atoms with Gasteiger partial charge in [0.1, 0.15) is 0 Å². The van der Waals surface area contributed by atoms with Crippen LogP contribution in [-0.2, 0) is 11.2 Å². The van der Waals surface area contributed by atoms with Gasteiger partial charge in [-0.25, -0.2) is 0 Å². The zero-order valence-corrected chi connectivity index (χ0v) is 13.2. The predicted molar refractivity (Wildman–Crippen MR) is 85.2 cm³/mol. The largest absolute Gasteiger partial charge is 0.381 e. The Hall–Kier alpha value is -0.860. The minimum Gasteiger partial charge on any atom is -0.381 e. The number of benzene rings is 1. The molecule has 112 valence electrons. The zero-order chi connectivity index (χ0) is 14.4. The molecule has 1 aromatic rings. The van der Waals surface area contributed by atoms with Gasteiger partial charge in [0.2, 0.25) is 0 Å². The van der Waals surface area contributed by atoms with Crippen LogP contribution in [0.5, 0.6) is 0 Å². The zero-order valence-electron chi connectivity index (χ0n) is 13.2. The lowest BCUT2D eigenvalue weighted by Gasteiger charge is -2.31. The third-order valence-electron chi connectivity index (χ3n) is 4.23. The molecule has 0 radical (unpaired) electrons. The van der Waals surface area contributed by atoms with Crippen molar-refractivity contribution in [2.75, 3.05) is 19.8 Å². The number of ether oxygens (including phenoxy) is 1. The monoisotopic (exact) mass is 275 g/mol. The summed E-state index contributed by atoms with van der Waals surface area (Å²) < 4.78 is 5.52. The Kier molecular flexibility index (Phi) is 6.06. The second-order valence-electron chi connectivity index (χ2n) is 6.21. The normalized spacial score (nSPS) is 18.1. The van der Waals surface area contributed by atoms with E-state index in [9.17, 15) is 0 Å². The van der Waals surface area contributed by atoms with E-state index < -0.39 is 0 Å². The number of hydrogen-bond donors (Lipinski definition) is 1. The summed E-state index contributed by atoms with van der Waals surface area (Å²) in [5.74, 6) is 0.760. The molecule has 1 aromatic carbocycles. The van der Waals surface area contributed by atoms with E-state index in [1.807, 2.05) is 0 Å². The van der Waals surface area contributed by atoms with Gasteiger partial charge in [-0.3, -0.25) is 0 Å². The number of nitrogens with one attached hydrogen (secondary N) is 1. The molecule has 0 spiro atoms. The van der Waals surface area contributed by atoms with Gasteiger partial charge >= 0.3 is 0 Å². The van der Waals surface area contributed by atoms with Gasteiger partial charge in [0.15, 0.2) is 0 Å². The second-order valence-corrected chi connectivity index (χ2v) is 6.21. The van der Waals surface area contributed by atoms with Gasteiger partial charge in [0.25, 0.3) is 0 Å². The molecule has 1 fully saturated rings. The van der Waals surface area contributed by atoms with Crippen LogP contribution in [-0.4, -0.2) is 25.8 Å².